The Hall–Kier alpha value is -1.52. The number of urea groups is 1. The van der Waals surface area contributed by atoms with Crippen LogP contribution in [0.25, 0.3) is 0 Å². The summed E-state index contributed by atoms with van der Waals surface area (Å²) >= 11 is 0. The van der Waals surface area contributed by atoms with Crippen molar-refractivity contribution < 1.29 is 14.7 Å². The molecule has 15 heavy (non-hydrogen) atoms. The van der Waals surface area contributed by atoms with Crippen LogP contribution in [-0.2, 0) is 4.79 Å². The second-order valence-corrected chi connectivity index (χ2v) is 3.86. The number of carbonyl (C=O) groups is 2. The number of hydrogen-bond acceptors (Lipinski definition) is 2. The summed E-state index contributed by atoms with van der Waals surface area (Å²) in [5.41, 5.74) is -1.05. The highest BCUT2D eigenvalue weighted by atomic mass is 16.4. The second kappa shape index (κ2) is 4.33. The maximum Gasteiger partial charge on any atom is 0.329 e. The molecule has 0 aromatic carbocycles. The molecule has 2 amide bonds. The van der Waals surface area contributed by atoms with Crippen molar-refractivity contribution in [2.75, 3.05) is 0 Å². The summed E-state index contributed by atoms with van der Waals surface area (Å²) in [6, 6.07) is -0.625. The molecule has 0 heterocycles. The van der Waals surface area contributed by atoms with Gasteiger partial charge in [0, 0.05) is 6.04 Å². The van der Waals surface area contributed by atoms with E-state index < -0.39 is 17.5 Å². The third kappa shape index (κ3) is 2.49. The van der Waals surface area contributed by atoms with Gasteiger partial charge in [-0.2, -0.15) is 0 Å². The van der Waals surface area contributed by atoms with Crippen LogP contribution in [0.2, 0.25) is 0 Å². The fourth-order valence-electron chi connectivity index (χ4n) is 1.44. The molecule has 1 aliphatic carbocycles. The molecule has 5 nitrogen and oxygen atoms in total. The van der Waals surface area contributed by atoms with Gasteiger partial charge in [-0.05, 0) is 26.2 Å². The molecule has 3 N–H and O–H groups in total. The Morgan fingerprint density at radius 1 is 1.53 bits per heavy atom. The van der Waals surface area contributed by atoms with E-state index in [4.69, 9.17) is 5.11 Å². The van der Waals surface area contributed by atoms with Crippen LogP contribution in [-0.4, -0.2) is 28.7 Å². The van der Waals surface area contributed by atoms with Gasteiger partial charge in [-0.25, -0.2) is 9.59 Å². The molecule has 0 saturated heterocycles. The second-order valence-electron chi connectivity index (χ2n) is 3.86. The quantitative estimate of drug-likeness (QED) is 0.605. The number of aliphatic carboxylic acids is 1. The molecule has 1 aliphatic rings. The zero-order chi connectivity index (χ0) is 11.5. The molecule has 1 saturated carbocycles. The summed E-state index contributed by atoms with van der Waals surface area (Å²) in [7, 11) is 0. The minimum atomic E-state index is -1.05. The van der Waals surface area contributed by atoms with E-state index in [0.717, 1.165) is 6.42 Å². The summed E-state index contributed by atoms with van der Waals surface area (Å²) in [5, 5.41) is 14.0. The molecule has 5 heteroatoms. The Kier molecular flexibility index (Phi) is 3.34. The minimum Gasteiger partial charge on any atom is -0.480 e. The smallest absolute Gasteiger partial charge is 0.329 e. The Labute approximate surface area is 88.5 Å². The Bertz CT molecular complexity index is 284. The van der Waals surface area contributed by atoms with Gasteiger partial charge >= 0.3 is 12.0 Å². The first-order valence-corrected chi connectivity index (χ1v) is 4.95. The lowest BCUT2D eigenvalue weighted by Gasteiger charge is -2.38. The molecule has 0 aliphatic heterocycles. The van der Waals surface area contributed by atoms with Crippen LogP contribution < -0.4 is 10.6 Å². The van der Waals surface area contributed by atoms with Crippen LogP contribution in [0.3, 0.4) is 0 Å². The zero-order valence-electron chi connectivity index (χ0n) is 8.75. The number of hydrogen-bond donors (Lipinski definition) is 3. The molecule has 0 radical (unpaired) electrons. The van der Waals surface area contributed by atoms with Crippen LogP contribution in [0, 0.1) is 0 Å². The van der Waals surface area contributed by atoms with E-state index in [1.54, 1.807) is 13.0 Å². The molecular formula is C10H16N2O3. The molecule has 0 aromatic rings. The van der Waals surface area contributed by atoms with Crippen LogP contribution in [0.4, 0.5) is 4.79 Å². The number of carboxylic acid groups (broad SMARTS) is 1. The molecule has 1 atom stereocenters. The molecule has 0 aromatic heterocycles. The summed E-state index contributed by atoms with van der Waals surface area (Å²) < 4.78 is 0. The fourth-order valence-corrected chi connectivity index (χ4v) is 1.44. The highest BCUT2D eigenvalue weighted by Crippen LogP contribution is 2.31. The number of amides is 2. The van der Waals surface area contributed by atoms with Crippen LogP contribution in [0.1, 0.15) is 26.2 Å². The van der Waals surface area contributed by atoms with Gasteiger partial charge < -0.3 is 15.7 Å². The van der Waals surface area contributed by atoms with Gasteiger partial charge in [0.15, 0.2) is 0 Å². The standard InChI is InChI=1S/C10H16N2O3/c1-3-7(2)11-9(15)12-10(8(13)14)5-4-6-10/h3,7H,1,4-6H2,2H3,(H,13,14)(H2,11,12,15). The van der Waals surface area contributed by atoms with Crippen LogP contribution >= 0.6 is 0 Å². The number of nitrogens with one attached hydrogen (secondary N) is 2. The number of rotatable bonds is 4. The van der Waals surface area contributed by atoms with Crippen molar-refractivity contribution in [3.05, 3.63) is 12.7 Å². The molecule has 1 fully saturated rings. The van der Waals surface area contributed by atoms with Gasteiger partial charge in [0.2, 0.25) is 0 Å². The average molecular weight is 212 g/mol. The van der Waals surface area contributed by atoms with E-state index in [9.17, 15) is 9.59 Å². The third-order valence-electron chi connectivity index (χ3n) is 2.68. The number of carbonyl (C=O) groups excluding carboxylic acids is 1. The predicted octanol–water partition coefficient (Wildman–Crippen LogP) is 0.867. The highest BCUT2D eigenvalue weighted by molar-refractivity contribution is 5.87. The van der Waals surface area contributed by atoms with E-state index >= 15 is 0 Å². The van der Waals surface area contributed by atoms with Crippen LogP contribution in [0.5, 0.6) is 0 Å². The van der Waals surface area contributed by atoms with Gasteiger partial charge in [-0.3, -0.25) is 0 Å². The van der Waals surface area contributed by atoms with Crippen molar-refractivity contribution >= 4 is 12.0 Å². The third-order valence-corrected chi connectivity index (χ3v) is 2.68. The van der Waals surface area contributed by atoms with E-state index in [0.29, 0.717) is 12.8 Å². The lowest BCUT2D eigenvalue weighted by molar-refractivity contribution is -0.148. The molecule has 84 valence electrons. The summed E-state index contributed by atoms with van der Waals surface area (Å²) in [4.78, 5) is 22.3. The van der Waals surface area contributed by atoms with Crippen molar-refractivity contribution in [3.8, 4) is 0 Å². The first-order valence-electron chi connectivity index (χ1n) is 4.95. The van der Waals surface area contributed by atoms with E-state index in [2.05, 4.69) is 17.2 Å². The zero-order valence-corrected chi connectivity index (χ0v) is 8.75. The maximum absolute atomic E-state index is 11.4. The van der Waals surface area contributed by atoms with Gasteiger partial charge in [0.1, 0.15) is 5.54 Å². The predicted molar refractivity (Wildman–Crippen MR) is 55.5 cm³/mol. The first-order chi connectivity index (χ1) is 7.00. The molecule has 1 unspecified atom stereocenters. The van der Waals surface area contributed by atoms with Crippen LogP contribution in [0.15, 0.2) is 12.7 Å². The summed E-state index contributed by atoms with van der Waals surface area (Å²) in [5.74, 6) is -0.963. The lowest BCUT2D eigenvalue weighted by Crippen LogP contribution is -2.61. The largest absolute Gasteiger partial charge is 0.480 e. The van der Waals surface area contributed by atoms with Crippen molar-refractivity contribution in [2.45, 2.75) is 37.8 Å². The van der Waals surface area contributed by atoms with Gasteiger partial charge in [0.05, 0.1) is 0 Å². The Morgan fingerprint density at radius 2 is 2.13 bits per heavy atom. The Balaban J connectivity index is 2.49. The van der Waals surface area contributed by atoms with E-state index in [-0.39, 0.29) is 6.04 Å². The highest BCUT2D eigenvalue weighted by Gasteiger charge is 2.45. The number of carboxylic acids is 1. The lowest BCUT2D eigenvalue weighted by atomic mass is 9.77. The molecule has 0 bridgehead atoms. The molecule has 0 spiro atoms. The van der Waals surface area contributed by atoms with Gasteiger partial charge in [0.25, 0.3) is 0 Å². The monoisotopic (exact) mass is 212 g/mol. The van der Waals surface area contributed by atoms with Crippen molar-refractivity contribution in [1.29, 1.82) is 0 Å². The Morgan fingerprint density at radius 3 is 2.47 bits per heavy atom. The fraction of sp³-hybridized carbons (Fsp3) is 0.600. The first kappa shape index (κ1) is 11.6. The average Bonchev–Trinajstić information content (AvgIpc) is 2.10. The summed E-state index contributed by atoms with van der Waals surface area (Å²) in [6.45, 7) is 5.29. The normalized spacial score (nSPS) is 19.5. The minimum absolute atomic E-state index is 0.170. The molecule has 1 rings (SSSR count). The van der Waals surface area contributed by atoms with Crippen molar-refractivity contribution in [3.63, 3.8) is 0 Å². The van der Waals surface area contributed by atoms with E-state index in [1.807, 2.05) is 0 Å². The molecular weight excluding hydrogens is 196 g/mol. The topological polar surface area (TPSA) is 78.4 Å². The summed E-state index contributed by atoms with van der Waals surface area (Å²) in [6.07, 6.45) is 3.41. The van der Waals surface area contributed by atoms with Crippen molar-refractivity contribution in [1.82, 2.24) is 10.6 Å². The van der Waals surface area contributed by atoms with E-state index in [1.165, 1.54) is 0 Å². The SMILES string of the molecule is C=CC(C)NC(=O)NC1(C(=O)O)CCC1. The maximum atomic E-state index is 11.4. The van der Waals surface area contributed by atoms with Gasteiger partial charge in [-0.1, -0.05) is 6.08 Å². The van der Waals surface area contributed by atoms with Crippen molar-refractivity contribution in [2.24, 2.45) is 0 Å². The van der Waals surface area contributed by atoms with Gasteiger partial charge in [-0.15, -0.1) is 6.58 Å².